The fourth-order valence-corrected chi connectivity index (χ4v) is 2.27. The minimum Gasteiger partial charge on any atom is -0.0654 e. The molecule has 0 aliphatic heterocycles. The first-order valence-electron chi connectivity index (χ1n) is 7.05. The first kappa shape index (κ1) is 15.0. The van der Waals surface area contributed by atoms with Crippen LogP contribution in [0.4, 0.5) is 0 Å². The van der Waals surface area contributed by atoms with Crippen LogP contribution in [-0.2, 0) is 0 Å². The van der Waals surface area contributed by atoms with Crippen LogP contribution in [0.15, 0.2) is 0 Å². The molecule has 0 aromatic carbocycles. The molecule has 0 spiro atoms. The van der Waals surface area contributed by atoms with Crippen LogP contribution in [0.25, 0.3) is 0 Å². The van der Waals surface area contributed by atoms with Gasteiger partial charge in [-0.25, -0.2) is 0 Å². The van der Waals surface area contributed by atoms with Crippen molar-refractivity contribution in [1.82, 2.24) is 0 Å². The molecule has 0 nitrogen and oxygen atoms in total. The zero-order valence-corrected chi connectivity index (χ0v) is 11.7. The van der Waals surface area contributed by atoms with E-state index in [1.54, 1.807) is 0 Å². The van der Waals surface area contributed by atoms with Crippen molar-refractivity contribution in [1.29, 1.82) is 0 Å². The summed E-state index contributed by atoms with van der Waals surface area (Å²) in [5.74, 6) is 0.968. The second kappa shape index (κ2) is 8.19. The minimum absolute atomic E-state index is 0.581. The fourth-order valence-electron chi connectivity index (χ4n) is 2.27. The first-order chi connectivity index (χ1) is 7.05. The number of hydrogen-bond donors (Lipinski definition) is 0. The van der Waals surface area contributed by atoms with Crippen LogP contribution in [0, 0.1) is 11.3 Å². The van der Waals surface area contributed by atoms with E-state index in [4.69, 9.17) is 0 Å². The summed E-state index contributed by atoms with van der Waals surface area (Å²) in [7, 11) is 0. The van der Waals surface area contributed by atoms with Crippen molar-refractivity contribution < 1.29 is 0 Å². The predicted octanol–water partition coefficient (Wildman–Crippen LogP) is 5.81. The Bertz CT molecular complexity index is 131. The van der Waals surface area contributed by atoms with E-state index < -0.39 is 0 Å². The van der Waals surface area contributed by atoms with E-state index in [1.165, 1.54) is 51.4 Å². The van der Waals surface area contributed by atoms with E-state index in [2.05, 4.69) is 34.6 Å². The Hall–Kier alpha value is 0. The topological polar surface area (TPSA) is 0 Å². The number of rotatable bonds is 9. The molecule has 0 amide bonds. The molecule has 0 bridgehead atoms. The van der Waals surface area contributed by atoms with Gasteiger partial charge in [0.15, 0.2) is 0 Å². The van der Waals surface area contributed by atoms with E-state index in [1.807, 2.05) is 0 Å². The van der Waals surface area contributed by atoms with Gasteiger partial charge >= 0.3 is 0 Å². The van der Waals surface area contributed by atoms with Crippen molar-refractivity contribution in [3.05, 3.63) is 0 Å². The zero-order valence-electron chi connectivity index (χ0n) is 11.7. The molecule has 0 rings (SSSR count). The van der Waals surface area contributed by atoms with E-state index in [-0.39, 0.29) is 0 Å². The number of hydrogen-bond acceptors (Lipinski definition) is 0. The average Bonchev–Trinajstić information content (AvgIpc) is 2.19. The van der Waals surface area contributed by atoms with Crippen LogP contribution in [0.1, 0.15) is 86.0 Å². The first-order valence-corrected chi connectivity index (χ1v) is 7.05. The van der Waals surface area contributed by atoms with E-state index in [9.17, 15) is 0 Å². The van der Waals surface area contributed by atoms with Gasteiger partial charge in [-0.1, -0.05) is 66.7 Å². The van der Waals surface area contributed by atoms with Crippen LogP contribution in [-0.4, -0.2) is 0 Å². The Balaban J connectivity index is 3.71. The van der Waals surface area contributed by atoms with E-state index in [0.29, 0.717) is 5.41 Å². The predicted molar refractivity (Wildman–Crippen MR) is 71.2 cm³/mol. The Kier molecular flexibility index (Phi) is 8.19. The maximum Gasteiger partial charge on any atom is -0.0354 e. The third-order valence-corrected chi connectivity index (χ3v) is 3.84. The second-order valence-electron chi connectivity index (χ2n) is 5.84. The zero-order chi connectivity index (χ0) is 11.7. The lowest BCUT2D eigenvalue weighted by molar-refractivity contribution is 0.259. The van der Waals surface area contributed by atoms with Gasteiger partial charge in [0.25, 0.3) is 0 Å². The minimum atomic E-state index is 0.581. The summed E-state index contributed by atoms with van der Waals surface area (Å²) in [5, 5.41) is 0. The van der Waals surface area contributed by atoms with Gasteiger partial charge in [-0.05, 0) is 30.6 Å². The van der Waals surface area contributed by atoms with Gasteiger partial charge in [0, 0.05) is 0 Å². The smallest absolute Gasteiger partial charge is 0.0354 e. The van der Waals surface area contributed by atoms with Crippen LogP contribution < -0.4 is 0 Å². The van der Waals surface area contributed by atoms with E-state index >= 15 is 0 Å². The van der Waals surface area contributed by atoms with Gasteiger partial charge < -0.3 is 0 Å². The highest BCUT2D eigenvalue weighted by atomic mass is 14.2. The second-order valence-corrected chi connectivity index (χ2v) is 5.84. The summed E-state index contributed by atoms with van der Waals surface area (Å²) >= 11 is 0. The van der Waals surface area contributed by atoms with Crippen molar-refractivity contribution >= 4 is 0 Å². The maximum absolute atomic E-state index is 2.45. The molecule has 0 radical (unpaired) electrons. The maximum atomic E-state index is 2.45. The van der Waals surface area contributed by atoms with Gasteiger partial charge in [-0.3, -0.25) is 0 Å². The van der Waals surface area contributed by atoms with E-state index in [0.717, 1.165) is 5.92 Å². The lowest BCUT2D eigenvalue weighted by Gasteiger charge is -2.26. The monoisotopic (exact) mass is 212 g/mol. The van der Waals surface area contributed by atoms with Gasteiger partial charge in [0.2, 0.25) is 0 Å². The Morgan fingerprint density at radius 3 is 1.93 bits per heavy atom. The largest absolute Gasteiger partial charge is 0.0654 e. The van der Waals surface area contributed by atoms with Crippen molar-refractivity contribution in [2.75, 3.05) is 0 Å². The van der Waals surface area contributed by atoms with Gasteiger partial charge in [0.05, 0.1) is 0 Å². The fraction of sp³-hybridized carbons (Fsp3) is 1.00. The molecule has 0 heterocycles. The van der Waals surface area contributed by atoms with Crippen LogP contribution in [0.5, 0.6) is 0 Å². The van der Waals surface area contributed by atoms with Crippen LogP contribution >= 0.6 is 0 Å². The van der Waals surface area contributed by atoms with Crippen molar-refractivity contribution in [3.63, 3.8) is 0 Å². The molecular weight excluding hydrogens is 180 g/mol. The molecule has 0 N–H and O–H groups in total. The van der Waals surface area contributed by atoms with Gasteiger partial charge in [0.1, 0.15) is 0 Å². The van der Waals surface area contributed by atoms with Gasteiger partial charge in [-0.2, -0.15) is 0 Å². The third kappa shape index (κ3) is 7.88. The highest BCUT2D eigenvalue weighted by Crippen LogP contribution is 2.32. The summed E-state index contributed by atoms with van der Waals surface area (Å²) in [6.45, 7) is 11.9. The lowest BCUT2D eigenvalue weighted by atomic mass is 9.79. The standard InChI is InChI=1S/C15H32/c1-6-9-10-12-15(4,5)13-11-14(7-2)8-3/h14H,6-13H2,1-5H3. The quantitative estimate of drug-likeness (QED) is 0.423. The van der Waals surface area contributed by atoms with Gasteiger partial charge in [-0.15, -0.1) is 0 Å². The Labute approximate surface area is 97.8 Å². The normalized spacial score (nSPS) is 12.4. The SMILES string of the molecule is CCCCCC(C)(C)CCC(CC)CC. The molecule has 0 fully saturated rings. The molecule has 0 unspecified atom stereocenters. The highest BCUT2D eigenvalue weighted by Gasteiger charge is 2.18. The lowest BCUT2D eigenvalue weighted by Crippen LogP contribution is -2.13. The molecule has 0 aliphatic rings. The summed E-state index contributed by atoms with van der Waals surface area (Å²) < 4.78 is 0. The molecule has 0 aromatic heterocycles. The molecule has 15 heavy (non-hydrogen) atoms. The Morgan fingerprint density at radius 1 is 0.867 bits per heavy atom. The van der Waals surface area contributed by atoms with Crippen molar-refractivity contribution in [3.8, 4) is 0 Å². The third-order valence-electron chi connectivity index (χ3n) is 3.84. The summed E-state index contributed by atoms with van der Waals surface area (Å²) in [5.41, 5.74) is 0.581. The van der Waals surface area contributed by atoms with Crippen LogP contribution in [0.2, 0.25) is 0 Å². The summed E-state index contributed by atoms with van der Waals surface area (Å²) in [4.78, 5) is 0. The molecule has 0 aliphatic carbocycles. The molecule has 0 aromatic rings. The molecular formula is C15H32. The molecule has 0 heteroatoms. The molecule has 0 saturated carbocycles. The number of unbranched alkanes of at least 4 members (excludes halogenated alkanes) is 2. The molecule has 0 atom stereocenters. The summed E-state index contributed by atoms with van der Waals surface area (Å²) in [6.07, 6.45) is 11.2. The van der Waals surface area contributed by atoms with Crippen molar-refractivity contribution in [2.24, 2.45) is 11.3 Å². The van der Waals surface area contributed by atoms with Crippen LogP contribution in [0.3, 0.4) is 0 Å². The average molecular weight is 212 g/mol. The Morgan fingerprint density at radius 2 is 1.47 bits per heavy atom. The molecule has 0 saturated heterocycles. The summed E-state index contributed by atoms with van der Waals surface area (Å²) in [6, 6.07) is 0. The highest BCUT2D eigenvalue weighted by molar-refractivity contribution is 4.70. The van der Waals surface area contributed by atoms with Crippen molar-refractivity contribution in [2.45, 2.75) is 86.0 Å². The molecule has 92 valence electrons.